The van der Waals surface area contributed by atoms with Gasteiger partial charge in [-0.2, -0.15) is 0 Å². The molecule has 1 fully saturated rings. The van der Waals surface area contributed by atoms with Gasteiger partial charge in [0.15, 0.2) is 5.13 Å². The van der Waals surface area contributed by atoms with Crippen molar-refractivity contribution in [1.82, 2.24) is 14.8 Å². The van der Waals surface area contributed by atoms with Crippen molar-refractivity contribution in [2.24, 2.45) is 0 Å². The maximum Gasteiger partial charge on any atom is 0.257 e. The summed E-state index contributed by atoms with van der Waals surface area (Å²) < 4.78 is 0. The summed E-state index contributed by atoms with van der Waals surface area (Å²) in [6.07, 6.45) is 0. The minimum Gasteiger partial charge on any atom is -0.304 e. The molecule has 4 aromatic rings. The molecule has 1 saturated heterocycles. The van der Waals surface area contributed by atoms with Crippen LogP contribution in [0.5, 0.6) is 0 Å². The third kappa shape index (κ3) is 6.72. The lowest BCUT2D eigenvalue weighted by Crippen LogP contribution is -2.43. The number of carbonyl (C=O) groups excluding carboxylic acids is 1. The summed E-state index contributed by atoms with van der Waals surface area (Å²) in [5.41, 5.74) is 6.78. The zero-order chi connectivity index (χ0) is 25.6. The van der Waals surface area contributed by atoms with Crippen LogP contribution in [0.2, 0.25) is 0 Å². The van der Waals surface area contributed by atoms with Gasteiger partial charge < -0.3 is 4.90 Å². The van der Waals surface area contributed by atoms with Crippen LogP contribution < -0.4 is 5.32 Å². The van der Waals surface area contributed by atoms with Crippen LogP contribution in [0.1, 0.15) is 32.6 Å². The molecule has 1 aliphatic rings. The number of carbonyl (C=O) groups is 1. The molecule has 1 aliphatic heterocycles. The number of benzene rings is 3. The van der Waals surface area contributed by atoms with Gasteiger partial charge in [0.25, 0.3) is 5.91 Å². The Morgan fingerprint density at radius 1 is 0.946 bits per heavy atom. The van der Waals surface area contributed by atoms with Gasteiger partial charge in [-0.15, -0.1) is 11.3 Å². The topological polar surface area (TPSA) is 48.5 Å². The third-order valence-electron chi connectivity index (χ3n) is 6.50. The van der Waals surface area contributed by atoms with Crippen molar-refractivity contribution in [2.45, 2.75) is 13.5 Å². The van der Waals surface area contributed by atoms with E-state index in [0.29, 0.717) is 10.7 Å². The van der Waals surface area contributed by atoms with Crippen molar-refractivity contribution in [3.8, 4) is 23.1 Å². The average molecular weight is 507 g/mol. The van der Waals surface area contributed by atoms with E-state index >= 15 is 0 Å². The first-order valence-electron chi connectivity index (χ1n) is 12.5. The van der Waals surface area contributed by atoms with E-state index in [9.17, 15) is 4.79 Å². The second-order valence-corrected chi connectivity index (χ2v) is 10.3. The molecule has 37 heavy (non-hydrogen) atoms. The van der Waals surface area contributed by atoms with Gasteiger partial charge in [-0.3, -0.25) is 15.0 Å². The lowest BCUT2D eigenvalue weighted by molar-refractivity contribution is 0.102. The molecule has 6 heteroatoms. The van der Waals surface area contributed by atoms with Gasteiger partial charge in [0, 0.05) is 60.4 Å². The molecule has 5 rings (SSSR count). The summed E-state index contributed by atoms with van der Waals surface area (Å²) in [6.45, 7) is 7.33. The first-order chi connectivity index (χ1) is 18.0. The van der Waals surface area contributed by atoms with Crippen molar-refractivity contribution in [3.63, 3.8) is 0 Å². The standard InChI is InChI=1S/C31H30N4OS/c1-23-6-8-24(9-7-23)10-11-25-4-3-5-28(20-25)29-22-37-31(32-29)33-30(36)27-14-12-26(13-15-27)21-35-18-16-34(2)17-19-35/h3-9,12-15,20,22H,16-19,21H2,1-2H3,(H,32,33,36). The number of likely N-dealkylation sites (N-methyl/N-ethyl adjacent to an activating group) is 1. The van der Waals surface area contributed by atoms with E-state index in [1.165, 1.54) is 22.5 Å². The Balaban J connectivity index is 1.20. The second kappa shape index (κ2) is 11.5. The van der Waals surface area contributed by atoms with Crippen LogP contribution >= 0.6 is 11.3 Å². The number of anilines is 1. The van der Waals surface area contributed by atoms with Crippen LogP contribution in [0.4, 0.5) is 5.13 Å². The molecule has 0 aliphatic carbocycles. The fourth-order valence-electron chi connectivity index (χ4n) is 4.20. The summed E-state index contributed by atoms with van der Waals surface area (Å²) >= 11 is 1.42. The van der Waals surface area contributed by atoms with Crippen LogP contribution in [0.25, 0.3) is 11.3 Å². The van der Waals surface area contributed by atoms with Crippen LogP contribution in [0.15, 0.2) is 78.2 Å². The molecule has 0 radical (unpaired) electrons. The molecule has 186 valence electrons. The van der Waals surface area contributed by atoms with Crippen LogP contribution in [0.3, 0.4) is 0 Å². The van der Waals surface area contributed by atoms with Gasteiger partial charge in [0.2, 0.25) is 0 Å². The smallest absolute Gasteiger partial charge is 0.257 e. The monoisotopic (exact) mass is 506 g/mol. The zero-order valence-electron chi connectivity index (χ0n) is 21.2. The summed E-state index contributed by atoms with van der Waals surface area (Å²) in [6, 6.07) is 24.1. The molecule has 1 aromatic heterocycles. The lowest BCUT2D eigenvalue weighted by Gasteiger charge is -2.32. The maximum absolute atomic E-state index is 12.8. The predicted molar refractivity (Wildman–Crippen MR) is 152 cm³/mol. The van der Waals surface area contributed by atoms with Crippen molar-refractivity contribution >= 4 is 22.4 Å². The molecule has 5 nitrogen and oxygen atoms in total. The Bertz CT molecular complexity index is 1420. The number of hydrogen-bond donors (Lipinski definition) is 1. The highest BCUT2D eigenvalue weighted by Crippen LogP contribution is 2.26. The highest BCUT2D eigenvalue weighted by atomic mass is 32.1. The molecule has 0 bridgehead atoms. The number of rotatable bonds is 5. The second-order valence-electron chi connectivity index (χ2n) is 9.47. The van der Waals surface area contributed by atoms with Crippen molar-refractivity contribution in [3.05, 3.63) is 106 Å². The quantitative estimate of drug-likeness (QED) is 0.362. The molecule has 1 amide bonds. The number of nitrogens with zero attached hydrogens (tertiary/aromatic N) is 3. The molecule has 2 heterocycles. The Morgan fingerprint density at radius 3 is 2.43 bits per heavy atom. The Labute approximate surface area is 222 Å². The van der Waals surface area contributed by atoms with Crippen LogP contribution in [0, 0.1) is 18.8 Å². The Morgan fingerprint density at radius 2 is 1.68 bits per heavy atom. The fraction of sp³-hybridized carbons (Fsp3) is 0.226. The van der Waals surface area contributed by atoms with Gasteiger partial charge in [-0.05, 0) is 55.9 Å². The number of nitrogens with one attached hydrogen (secondary N) is 1. The van der Waals surface area contributed by atoms with Gasteiger partial charge in [-0.1, -0.05) is 53.8 Å². The molecular weight excluding hydrogens is 476 g/mol. The number of piperazine rings is 1. The lowest BCUT2D eigenvalue weighted by atomic mass is 10.1. The first-order valence-corrected chi connectivity index (χ1v) is 13.4. The maximum atomic E-state index is 12.8. The minimum atomic E-state index is -0.148. The van der Waals surface area contributed by atoms with E-state index < -0.39 is 0 Å². The molecule has 1 N–H and O–H groups in total. The van der Waals surface area contributed by atoms with E-state index in [1.54, 1.807) is 0 Å². The number of aromatic nitrogens is 1. The van der Waals surface area contributed by atoms with Gasteiger partial charge in [0.05, 0.1) is 5.69 Å². The van der Waals surface area contributed by atoms with Crippen molar-refractivity contribution in [2.75, 3.05) is 38.5 Å². The summed E-state index contributed by atoms with van der Waals surface area (Å²) in [7, 11) is 2.16. The summed E-state index contributed by atoms with van der Waals surface area (Å²) in [4.78, 5) is 22.3. The molecular formula is C31H30N4OS. The minimum absolute atomic E-state index is 0.148. The number of aryl methyl sites for hydroxylation is 1. The first kappa shape index (κ1) is 24.9. The largest absolute Gasteiger partial charge is 0.304 e. The average Bonchev–Trinajstić information content (AvgIpc) is 3.39. The highest BCUT2D eigenvalue weighted by molar-refractivity contribution is 7.14. The van der Waals surface area contributed by atoms with E-state index in [2.05, 4.69) is 58.0 Å². The normalized spacial score (nSPS) is 14.1. The number of amides is 1. The van der Waals surface area contributed by atoms with E-state index in [0.717, 1.165) is 55.1 Å². The zero-order valence-corrected chi connectivity index (χ0v) is 22.0. The Hall–Kier alpha value is -3.76. The van der Waals surface area contributed by atoms with Crippen LogP contribution in [-0.4, -0.2) is 53.9 Å². The summed E-state index contributed by atoms with van der Waals surface area (Å²) in [5, 5.41) is 5.49. The summed E-state index contributed by atoms with van der Waals surface area (Å²) in [5.74, 6) is 6.30. The Kier molecular flexibility index (Phi) is 7.76. The van der Waals surface area contributed by atoms with Gasteiger partial charge in [0.1, 0.15) is 0 Å². The predicted octanol–water partition coefficient (Wildman–Crippen LogP) is 5.52. The van der Waals surface area contributed by atoms with Gasteiger partial charge >= 0.3 is 0 Å². The molecule has 0 atom stereocenters. The SMILES string of the molecule is Cc1ccc(C#Cc2cccc(-c3csc(NC(=O)c4ccc(CN5CCN(C)CC5)cc4)n3)c2)cc1. The molecule has 0 saturated carbocycles. The number of hydrogen-bond acceptors (Lipinski definition) is 5. The van der Waals surface area contributed by atoms with E-state index in [4.69, 9.17) is 0 Å². The fourth-order valence-corrected chi connectivity index (χ4v) is 4.91. The third-order valence-corrected chi connectivity index (χ3v) is 7.26. The van der Waals surface area contributed by atoms with Gasteiger partial charge in [-0.25, -0.2) is 4.98 Å². The van der Waals surface area contributed by atoms with Crippen molar-refractivity contribution in [1.29, 1.82) is 0 Å². The molecule has 0 spiro atoms. The van der Waals surface area contributed by atoms with E-state index in [1.807, 2.05) is 66.0 Å². The van der Waals surface area contributed by atoms with Crippen LogP contribution in [-0.2, 0) is 6.54 Å². The van der Waals surface area contributed by atoms with Crippen molar-refractivity contribution < 1.29 is 4.79 Å². The molecule has 3 aromatic carbocycles. The number of thiazole rings is 1. The van der Waals surface area contributed by atoms with E-state index in [-0.39, 0.29) is 5.91 Å². The molecule has 0 unspecified atom stereocenters. The highest BCUT2D eigenvalue weighted by Gasteiger charge is 2.15.